The molecular formula is C52H63ClN4O11. The number of hydrogen-bond acceptors (Lipinski definition) is 11. The van der Waals surface area contributed by atoms with Crippen LogP contribution >= 0.6 is 11.6 Å². The van der Waals surface area contributed by atoms with Gasteiger partial charge in [-0.1, -0.05) is 96.9 Å². The first-order chi connectivity index (χ1) is 32.3. The van der Waals surface area contributed by atoms with Crippen molar-refractivity contribution in [1.82, 2.24) is 15.1 Å². The number of likely N-dealkylation sites (N-methyl/N-ethyl adjacent to an activating group) is 1. The molecule has 3 heterocycles. The first kappa shape index (κ1) is 50.1. The standard InChI is InChI=1S/C52H63ClN4O11/c1-30-16-14-21-42(64-9)52(63)28-41(66-49(61)54-52)32(3)47-51(5,68-47)43(27-45(59)57(8)40-26-34(24-30)25-31(2)46(40)53)67-48(60)33(4)56(7)44(58)22-15-23-55(6)50(62)65-29-39-37-19-12-10-17-35(37)36-18-11-13-20-38(36)39/h10-14,16-21,25-26,32-33,39,41-43,47,63H,15,22-24,27-29H2,1-9H3,(H,54,61)/b21-14+,30-16+/t32-,33+,41+,42-,43+,47?,51+,52+/m1/s1. The molecule has 4 aliphatic rings. The summed E-state index contributed by atoms with van der Waals surface area (Å²) < 4.78 is 29.7. The minimum atomic E-state index is -1.84. The van der Waals surface area contributed by atoms with Crippen LogP contribution in [0.25, 0.3) is 11.1 Å². The van der Waals surface area contributed by atoms with E-state index < -0.39 is 71.8 Å². The van der Waals surface area contributed by atoms with Crippen molar-refractivity contribution in [2.75, 3.05) is 46.3 Å². The fourth-order valence-corrected chi connectivity index (χ4v) is 9.93. The van der Waals surface area contributed by atoms with Gasteiger partial charge in [-0.2, -0.15) is 0 Å². The monoisotopic (exact) mass is 954 g/mol. The number of methoxy groups -OCH3 is 1. The van der Waals surface area contributed by atoms with Gasteiger partial charge in [0.25, 0.3) is 0 Å². The second-order valence-electron chi connectivity index (χ2n) is 18.8. The highest BCUT2D eigenvalue weighted by Gasteiger charge is 2.64. The second-order valence-corrected chi connectivity index (χ2v) is 19.2. The van der Waals surface area contributed by atoms with Crippen LogP contribution in [0.15, 0.2) is 84.5 Å². The third-order valence-corrected chi connectivity index (χ3v) is 14.5. The van der Waals surface area contributed by atoms with Crippen LogP contribution < -0.4 is 10.2 Å². The molecule has 1 unspecified atom stereocenters. The number of alkyl carbamates (subject to hydrolysis) is 1. The van der Waals surface area contributed by atoms with E-state index in [1.165, 1.54) is 35.8 Å². The Kier molecular flexibility index (Phi) is 15.1. The third-order valence-electron chi connectivity index (χ3n) is 14.1. The van der Waals surface area contributed by atoms with Gasteiger partial charge in [-0.15, -0.1) is 0 Å². The quantitative estimate of drug-likeness (QED) is 0.117. The van der Waals surface area contributed by atoms with Crippen molar-refractivity contribution in [3.05, 3.63) is 112 Å². The normalized spacial score (nSPS) is 27.5. The molecule has 0 radical (unpaired) electrons. The van der Waals surface area contributed by atoms with Gasteiger partial charge >= 0.3 is 18.2 Å². The van der Waals surface area contributed by atoms with Crippen LogP contribution in [0.4, 0.5) is 15.3 Å². The van der Waals surface area contributed by atoms with Gasteiger partial charge in [0.2, 0.25) is 11.8 Å². The van der Waals surface area contributed by atoms with Crippen LogP contribution in [0.1, 0.15) is 81.5 Å². The van der Waals surface area contributed by atoms with Gasteiger partial charge < -0.3 is 43.5 Å². The summed E-state index contributed by atoms with van der Waals surface area (Å²) in [5.41, 5.74) is 4.47. The number of benzene rings is 3. The fraction of sp³-hybridized carbons (Fsp3) is 0.481. The summed E-state index contributed by atoms with van der Waals surface area (Å²) in [4.78, 5) is 72.2. The van der Waals surface area contributed by atoms with Gasteiger partial charge in [0.05, 0.1) is 23.2 Å². The number of aliphatic hydroxyl groups is 1. The van der Waals surface area contributed by atoms with Crippen molar-refractivity contribution in [3.63, 3.8) is 0 Å². The molecule has 8 atom stereocenters. The molecule has 16 heteroatoms. The summed E-state index contributed by atoms with van der Waals surface area (Å²) in [7, 11) is 6.16. The number of epoxide rings is 1. The molecule has 0 aromatic heterocycles. The largest absolute Gasteiger partial charge is 0.457 e. The number of allylic oxidation sites excluding steroid dienone is 3. The Morgan fingerprint density at radius 1 is 1.04 bits per heavy atom. The molecule has 4 bridgehead atoms. The predicted octanol–water partition coefficient (Wildman–Crippen LogP) is 7.48. The minimum Gasteiger partial charge on any atom is -0.457 e. The van der Waals surface area contributed by atoms with Crippen LogP contribution in [0, 0.1) is 12.8 Å². The highest BCUT2D eigenvalue weighted by Crippen LogP contribution is 2.49. The number of carbonyl (C=O) groups is 5. The third kappa shape index (κ3) is 10.5. The first-order valence-corrected chi connectivity index (χ1v) is 23.5. The minimum absolute atomic E-state index is 0.0256. The SMILES string of the molecule is CO[C@@H]1/C=C/C=C(\C)Cc2cc(C)c(Cl)c(c2)N(C)C(=O)C[C@H](OC(=O)[C@H](C)N(C)C(=O)CCCN(C)C(=O)OCC2c3ccccc3-c3ccccc32)[C@]2(C)OC2[C@H](C)[C@@H]2C[C@@]1(O)NC(=O)O2. The number of hydrogen-bond donors (Lipinski definition) is 2. The number of nitrogens with one attached hydrogen (secondary N) is 1. The Balaban J connectivity index is 1.03. The Morgan fingerprint density at radius 3 is 2.37 bits per heavy atom. The molecule has 15 nitrogen and oxygen atoms in total. The van der Waals surface area contributed by atoms with Gasteiger partial charge in [0, 0.05) is 59.5 Å². The molecule has 3 aliphatic heterocycles. The summed E-state index contributed by atoms with van der Waals surface area (Å²) in [5.74, 6) is -2.18. The number of halogens is 1. The molecule has 2 N–H and O–H groups in total. The summed E-state index contributed by atoms with van der Waals surface area (Å²) in [6.45, 7) is 9.27. The molecule has 7 rings (SSSR count). The molecule has 3 aromatic rings. The Labute approximate surface area is 403 Å². The summed E-state index contributed by atoms with van der Waals surface area (Å²) in [6.07, 6.45) is 0.724. The van der Waals surface area contributed by atoms with Gasteiger partial charge in [0.15, 0.2) is 5.72 Å². The number of carbonyl (C=O) groups excluding carboxylic acids is 5. The zero-order valence-electron chi connectivity index (χ0n) is 40.2. The molecular weight excluding hydrogens is 892 g/mol. The van der Waals surface area contributed by atoms with E-state index >= 15 is 0 Å². The highest BCUT2D eigenvalue weighted by molar-refractivity contribution is 6.34. The predicted molar refractivity (Wildman–Crippen MR) is 256 cm³/mol. The number of amides is 4. The molecule has 0 spiro atoms. The van der Waals surface area contributed by atoms with Crippen molar-refractivity contribution in [2.45, 2.75) is 114 Å². The van der Waals surface area contributed by atoms with Gasteiger partial charge in [-0.3, -0.25) is 14.9 Å². The van der Waals surface area contributed by atoms with Crippen LogP contribution in [0.3, 0.4) is 0 Å². The van der Waals surface area contributed by atoms with Crippen LogP contribution in [-0.2, 0) is 44.5 Å². The van der Waals surface area contributed by atoms with Crippen LogP contribution in [-0.4, -0.2) is 128 Å². The summed E-state index contributed by atoms with van der Waals surface area (Å²) >= 11 is 6.83. The Hall–Kier alpha value is -5.74. The zero-order valence-corrected chi connectivity index (χ0v) is 41.0. The van der Waals surface area contributed by atoms with Crippen molar-refractivity contribution >= 4 is 47.3 Å². The Bertz CT molecular complexity index is 2450. The molecule has 1 aliphatic carbocycles. The number of fused-ring (bicyclic) bond motifs is 8. The number of aryl methyl sites for hydroxylation is 1. The number of anilines is 1. The van der Waals surface area contributed by atoms with E-state index in [0.29, 0.717) is 23.6 Å². The van der Waals surface area contributed by atoms with Crippen molar-refractivity contribution < 1.29 is 52.8 Å². The number of ether oxygens (including phenoxy) is 5. The maximum Gasteiger partial charge on any atom is 0.409 e. The maximum atomic E-state index is 14.3. The average molecular weight is 956 g/mol. The van der Waals surface area contributed by atoms with E-state index in [2.05, 4.69) is 29.6 Å². The fourth-order valence-electron chi connectivity index (χ4n) is 9.69. The van der Waals surface area contributed by atoms with Crippen LogP contribution in [0.2, 0.25) is 5.02 Å². The van der Waals surface area contributed by atoms with Gasteiger partial charge in [0.1, 0.15) is 36.6 Å². The van der Waals surface area contributed by atoms with Crippen molar-refractivity contribution in [1.29, 1.82) is 0 Å². The van der Waals surface area contributed by atoms with Gasteiger partial charge in [-0.05, 0) is 80.0 Å². The summed E-state index contributed by atoms with van der Waals surface area (Å²) in [5, 5.41) is 14.8. The lowest BCUT2D eigenvalue weighted by molar-refractivity contribution is -0.162. The molecule has 3 aromatic carbocycles. The molecule has 2 fully saturated rings. The van der Waals surface area contributed by atoms with Gasteiger partial charge in [-0.25, -0.2) is 14.4 Å². The summed E-state index contributed by atoms with van der Waals surface area (Å²) in [6, 6.07) is 18.9. The first-order valence-electron chi connectivity index (χ1n) is 23.1. The van der Waals surface area contributed by atoms with E-state index in [1.807, 2.05) is 56.3 Å². The Morgan fingerprint density at radius 2 is 1.71 bits per heavy atom. The highest BCUT2D eigenvalue weighted by atomic mass is 35.5. The zero-order chi connectivity index (χ0) is 49.2. The van der Waals surface area contributed by atoms with E-state index in [0.717, 1.165) is 39.0 Å². The van der Waals surface area contributed by atoms with E-state index in [9.17, 15) is 29.1 Å². The lowest BCUT2D eigenvalue weighted by Gasteiger charge is -2.42. The molecule has 68 heavy (non-hydrogen) atoms. The van der Waals surface area contributed by atoms with Crippen LogP contribution in [0.5, 0.6) is 0 Å². The lowest BCUT2D eigenvalue weighted by atomic mass is 9.83. The number of rotatable bonds is 10. The van der Waals surface area contributed by atoms with Crippen molar-refractivity contribution in [2.24, 2.45) is 5.92 Å². The molecule has 0 saturated carbocycles. The topological polar surface area (TPSA) is 177 Å². The number of esters is 1. The van der Waals surface area contributed by atoms with E-state index in [4.69, 9.17) is 35.3 Å². The number of nitrogens with zero attached hydrogens (tertiary/aromatic N) is 3. The smallest absolute Gasteiger partial charge is 0.409 e. The van der Waals surface area contributed by atoms with Crippen molar-refractivity contribution in [3.8, 4) is 11.1 Å². The van der Waals surface area contributed by atoms with E-state index in [1.54, 1.807) is 40.1 Å². The lowest BCUT2D eigenvalue weighted by Crippen LogP contribution is -2.63. The molecule has 364 valence electrons. The average Bonchev–Trinajstić information content (AvgIpc) is 3.91. The molecule has 4 amide bonds. The van der Waals surface area contributed by atoms with E-state index in [-0.39, 0.29) is 44.2 Å². The molecule has 2 saturated heterocycles. The second kappa shape index (κ2) is 20.5. The maximum absolute atomic E-state index is 14.3.